The summed E-state index contributed by atoms with van der Waals surface area (Å²) in [6.07, 6.45) is 0.645. The summed E-state index contributed by atoms with van der Waals surface area (Å²) in [7, 11) is 1.75. The minimum atomic E-state index is -0.746. The predicted molar refractivity (Wildman–Crippen MR) is 55.3 cm³/mol. The second-order valence-electron chi connectivity index (χ2n) is 3.89. The SMILES string of the molecule is C=C(C)CN(C)C(=O)C(C)(N)CC. The van der Waals surface area contributed by atoms with Crippen molar-refractivity contribution < 1.29 is 4.79 Å². The van der Waals surface area contributed by atoms with Crippen molar-refractivity contribution in [1.29, 1.82) is 0 Å². The molecular formula is C10H20N2O. The smallest absolute Gasteiger partial charge is 0.242 e. The maximum Gasteiger partial charge on any atom is 0.242 e. The molecule has 0 heterocycles. The Hall–Kier alpha value is -0.830. The van der Waals surface area contributed by atoms with Crippen molar-refractivity contribution in [2.75, 3.05) is 13.6 Å². The first-order chi connectivity index (χ1) is 5.81. The van der Waals surface area contributed by atoms with Gasteiger partial charge in [0.1, 0.15) is 0 Å². The first-order valence-electron chi connectivity index (χ1n) is 4.50. The largest absolute Gasteiger partial charge is 0.340 e. The third-order valence-electron chi connectivity index (χ3n) is 2.08. The molecule has 1 amide bonds. The highest BCUT2D eigenvalue weighted by Gasteiger charge is 2.28. The molecule has 0 aromatic heterocycles. The van der Waals surface area contributed by atoms with Gasteiger partial charge in [-0.2, -0.15) is 0 Å². The van der Waals surface area contributed by atoms with E-state index in [4.69, 9.17) is 5.73 Å². The number of carbonyl (C=O) groups excluding carboxylic acids is 1. The fourth-order valence-electron chi connectivity index (χ4n) is 1.06. The van der Waals surface area contributed by atoms with E-state index in [1.807, 2.05) is 13.8 Å². The van der Waals surface area contributed by atoms with Crippen LogP contribution in [0.25, 0.3) is 0 Å². The summed E-state index contributed by atoms with van der Waals surface area (Å²) in [6, 6.07) is 0. The van der Waals surface area contributed by atoms with Gasteiger partial charge in [0.2, 0.25) is 5.91 Å². The van der Waals surface area contributed by atoms with Crippen molar-refractivity contribution in [1.82, 2.24) is 4.90 Å². The summed E-state index contributed by atoms with van der Waals surface area (Å²) in [5.41, 5.74) is 6.03. The molecule has 3 heteroatoms. The Morgan fingerprint density at radius 2 is 2.08 bits per heavy atom. The van der Waals surface area contributed by atoms with Crippen LogP contribution in [0.2, 0.25) is 0 Å². The monoisotopic (exact) mass is 184 g/mol. The Morgan fingerprint density at radius 1 is 1.62 bits per heavy atom. The molecule has 3 nitrogen and oxygen atoms in total. The number of rotatable bonds is 4. The van der Waals surface area contributed by atoms with Gasteiger partial charge in [-0.3, -0.25) is 4.79 Å². The van der Waals surface area contributed by atoms with Crippen LogP contribution in [0.4, 0.5) is 0 Å². The summed E-state index contributed by atoms with van der Waals surface area (Å²) in [5, 5.41) is 0. The summed E-state index contributed by atoms with van der Waals surface area (Å²) in [4.78, 5) is 13.3. The first kappa shape index (κ1) is 12.2. The number of likely N-dealkylation sites (N-methyl/N-ethyl adjacent to an activating group) is 1. The number of carbonyl (C=O) groups is 1. The summed E-state index contributed by atoms with van der Waals surface area (Å²) < 4.78 is 0. The summed E-state index contributed by atoms with van der Waals surface area (Å²) in [6.45, 7) is 9.88. The molecular weight excluding hydrogens is 164 g/mol. The standard InChI is InChI=1S/C10H20N2O/c1-6-10(4,11)9(13)12(5)7-8(2)3/h2,6-7,11H2,1,3-5H3. The summed E-state index contributed by atoms with van der Waals surface area (Å²) >= 11 is 0. The molecule has 0 spiro atoms. The third kappa shape index (κ3) is 3.59. The average molecular weight is 184 g/mol. The van der Waals surface area contributed by atoms with Crippen molar-refractivity contribution in [2.24, 2.45) is 5.73 Å². The Bertz CT molecular complexity index is 209. The molecule has 0 saturated heterocycles. The van der Waals surface area contributed by atoms with Gasteiger partial charge in [0.25, 0.3) is 0 Å². The van der Waals surface area contributed by atoms with Gasteiger partial charge in [0.05, 0.1) is 5.54 Å². The van der Waals surface area contributed by atoms with Gasteiger partial charge in [-0.05, 0) is 20.3 Å². The van der Waals surface area contributed by atoms with E-state index in [-0.39, 0.29) is 5.91 Å². The highest BCUT2D eigenvalue weighted by molar-refractivity contribution is 5.85. The molecule has 13 heavy (non-hydrogen) atoms. The van der Waals surface area contributed by atoms with Crippen molar-refractivity contribution in [3.63, 3.8) is 0 Å². The van der Waals surface area contributed by atoms with Crippen molar-refractivity contribution in [2.45, 2.75) is 32.7 Å². The number of nitrogens with two attached hydrogens (primary N) is 1. The van der Waals surface area contributed by atoms with E-state index in [9.17, 15) is 4.79 Å². The van der Waals surface area contributed by atoms with Crippen LogP contribution in [0, 0.1) is 0 Å². The fourth-order valence-corrected chi connectivity index (χ4v) is 1.06. The highest BCUT2D eigenvalue weighted by Crippen LogP contribution is 2.09. The lowest BCUT2D eigenvalue weighted by atomic mass is 9.98. The van der Waals surface area contributed by atoms with Crippen molar-refractivity contribution in [3.8, 4) is 0 Å². The second kappa shape index (κ2) is 4.42. The first-order valence-corrected chi connectivity index (χ1v) is 4.50. The third-order valence-corrected chi connectivity index (χ3v) is 2.08. The Labute approximate surface area is 80.6 Å². The molecule has 0 aromatic carbocycles. The van der Waals surface area contributed by atoms with Gasteiger partial charge < -0.3 is 10.6 Å². The van der Waals surface area contributed by atoms with E-state index in [1.54, 1.807) is 18.9 Å². The molecule has 0 aromatic rings. The molecule has 0 fully saturated rings. The maximum atomic E-state index is 11.7. The zero-order valence-corrected chi connectivity index (χ0v) is 9.05. The Balaban J connectivity index is 4.34. The van der Waals surface area contributed by atoms with Gasteiger partial charge in [0, 0.05) is 13.6 Å². The molecule has 0 radical (unpaired) electrons. The van der Waals surface area contributed by atoms with Gasteiger partial charge in [-0.25, -0.2) is 0 Å². The van der Waals surface area contributed by atoms with Crippen LogP contribution in [0.15, 0.2) is 12.2 Å². The van der Waals surface area contributed by atoms with Crippen LogP contribution in [-0.4, -0.2) is 29.9 Å². The van der Waals surface area contributed by atoms with Crippen LogP contribution >= 0.6 is 0 Å². The van der Waals surface area contributed by atoms with E-state index < -0.39 is 5.54 Å². The van der Waals surface area contributed by atoms with Crippen LogP contribution in [-0.2, 0) is 4.79 Å². The van der Waals surface area contributed by atoms with E-state index in [0.29, 0.717) is 13.0 Å². The normalized spacial score (nSPS) is 14.8. The quantitative estimate of drug-likeness (QED) is 0.666. The van der Waals surface area contributed by atoms with E-state index >= 15 is 0 Å². The van der Waals surface area contributed by atoms with Crippen molar-refractivity contribution in [3.05, 3.63) is 12.2 Å². The van der Waals surface area contributed by atoms with E-state index in [2.05, 4.69) is 6.58 Å². The minimum absolute atomic E-state index is 0.0296. The molecule has 0 aliphatic carbocycles. The van der Waals surface area contributed by atoms with Gasteiger partial charge in [-0.15, -0.1) is 0 Å². The van der Waals surface area contributed by atoms with E-state index in [1.165, 1.54) is 0 Å². The molecule has 0 aliphatic heterocycles. The van der Waals surface area contributed by atoms with Crippen molar-refractivity contribution >= 4 is 5.91 Å². The number of amides is 1. The predicted octanol–water partition coefficient (Wildman–Crippen LogP) is 1.15. The van der Waals surface area contributed by atoms with Gasteiger partial charge in [-0.1, -0.05) is 19.1 Å². The Morgan fingerprint density at radius 3 is 2.38 bits per heavy atom. The molecule has 76 valence electrons. The molecule has 0 rings (SSSR count). The van der Waals surface area contributed by atoms with Gasteiger partial charge >= 0.3 is 0 Å². The molecule has 0 bridgehead atoms. The summed E-state index contributed by atoms with van der Waals surface area (Å²) in [5.74, 6) is -0.0296. The van der Waals surface area contributed by atoms with Crippen LogP contribution < -0.4 is 5.73 Å². The molecule has 2 N–H and O–H groups in total. The molecule has 1 unspecified atom stereocenters. The lowest BCUT2D eigenvalue weighted by molar-refractivity contribution is -0.134. The lowest BCUT2D eigenvalue weighted by Gasteiger charge is -2.28. The van der Waals surface area contributed by atoms with E-state index in [0.717, 1.165) is 5.57 Å². The zero-order valence-electron chi connectivity index (χ0n) is 9.05. The Kier molecular flexibility index (Phi) is 4.14. The maximum absolute atomic E-state index is 11.7. The highest BCUT2D eigenvalue weighted by atomic mass is 16.2. The number of hydrogen-bond donors (Lipinski definition) is 1. The topological polar surface area (TPSA) is 46.3 Å². The second-order valence-corrected chi connectivity index (χ2v) is 3.89. The molecule has 0 saturated carbocycles. The fraction of sp³-hybridized carbons (Fsp3) is 0.700. The van der Waals surface area contributed by atoms with Gasteiger partial charge in [0.15, 0.2) is 0 Å². The number of hydrogen-bond acceptors (Lipinski definition) is 2. The lowest BCUT2D eigenvalue weighted by Crippen LogP contribution is -2.51. The zero-order chi connectivity index (χ0) is 10.6. The average Bonchev–Trinajstić information content (AvgIpc) is 2.01. The van der Waals surface area contributed by atoms with Crippen LogP contribution in [0.5, 0.6) is 0 Å². The van der Waals surface area contributed by atoms with Crippen LogP contribution in [0.3, 0.4) is 0 Å². The van der Waals surface area contributed by atoms with Crippen LogP contribution in [0.1, 0.15) is 27.2 Å². The molecule has 1 atom stereocenters. The number of nitrogens with zero attached hydrogens (tertiary/aromatic N) is 1. The minimum Gasteiger partial charge on any atom is -0.340 e. The molecule has 0 aliphatic rings.